The smallest absolute Gasteiger partial charge is 0.253 e. The van der Waals surface area contributed by atoms with E-state index < -0.39 is 0 Å². The number of benzene rings is 1. The van der Waals surface area contributed by atoms with Gasteiger partial charge in [0.1, 0.15) is 11.5 Å². The van der Waals surface area contributed by atoms with Crippen molar-refractivity contribution in [3.8, 4) is 0 Å². The van der Waals surface area contributed by atoms with E-state index in [-0.39, 0.29) is 29.9 Å². The molecule has 1 amide bonds. The van der Waals surface area contributed by atoms with Crippen LogP contribution in [0.3, 0.4) is 0 Å². The van der Waals surface area contributed by atoms with Gasteiger partial charge in [-0.3, -0.25) is 19.8 Å². The molecule has 0 N–H and O–H groups in total. The van der Waals surface area contributed by atoms with Gasteiger partial charge in [-0.05, 0) is 73.5 Å². The number of hydrogen-bond donors (Lipinski definition) is 0. The van der Waals surface area contributed by atoms with Crippen molar-refractivity contribution < 1.29 is 9.18 Å². The van der Waals surface area contributed by atoms with Gasteiger partial charge >= 0.3 is 0 Å². The molecule has 192 valence electrons. The van der Waals surface area contributed by atoms with Crippen molar-refractivity contribution in [2.24, 2.45) is 4.99 Å². The molecule has 1 aliphatic carbocycles. The van der Waals surface area contributed by atoms with Crippen LogP contribution >= 0.6 is 0 Å². The third-order valence-electron chi connectivity index (χ3n) is 7.56. The molecule has 2 aliphatic heterocycles. The number of pyridine rings is 2. The van der Waals surface area contributed by atoms with Gasteiger partial charge in [-0.1, -0.05) is 12.1 Å². The molecular formula is C30H29FN6O. The van der Waals surface area contributed by atoms with E-state index in [2.05, 4.69) is 19.8 Å². The molecule has 0 bridgehead atoms. The summed E-state index contributed by atoms with van der Waals surface area (Å²) in [4.78, 5) is 33.1. The third kappa shape index (κ3) is 4.58. The highest BCUT2D eigenvalue weighted by molar-refractivity contribution is 5.99. The summed E-state index contributed by atoms with van der Waals surface area (Å²) in [6, 6.07) is 17.3. The van der Waals surface area contributed by atoms with Crippen LogP contribution in [0.2, 0.25) is 0 Å². The predicted molar refractivity (Wildman–Crippen MR) is 146 cm³/mol. The number of anilines is 2. The Balaban J connectivity index is 1.14. The number of carbonyl (C=O) groups is 1. The number of aliphatic imine (C=N–C) groups is 1. The molecule has 1 fully saturated rings. The Morgan fingerprint density at radius 3 is 2.42 bits per heavy atom. The van der Waals surface area contributed by atoms with Crippen molar-refractivity contribution in [1.82, 2.24) is 19.8 Å². The molecule has 0 spiro atoms. The van der Waals surface area contributed by atoms with E-state index in [0.29, 0.717) is 18.7 Å². The average Bonchev–Trinajstić information content (AvgIpc) is 3.36. The van der Waals surface area contributed by atoms with Crippen LogP contribution in [-0.4, -0.2) is 69.8 Å². The zero-order valence-corrected chi connectivity index (χ0v) is 21.2. The fraction of sp³-hybridized carbons (Fsp3) is 0.267. The standard InChI is InChI=1S/C30H29FN6O/c1-35(24-11-16-32-17-12-24)23-8-5-21(6-9-23)30(38)36-18-13-25(14-19-36)37-28-10-7-22(31)20-27(28)34-29(37)26-4-2-3-15-33-26/h2-12,15-17,20,25,27-28H,13-14,18-19H2,1H3. The van der Waals surface area contributed by atoms with Gasteiger partial charge in [0.05, 0.1) is 12.1 Å². The van der Waals surface area contributed by atoms with Crippen LogP contribution in [0.15, 0.2) is 102 Å². The Morgan fingerprint density at radius 1 is 0.974 bits per heavy atom. The summed E-state index contributed by atoms with van der Waals surface area (Å²) in [5.74, 6) is 0.590. The van der Waals surface area contributed by atoms with Gasteiger partial charge < -0.3 is 14.7 Å². The maximum atomic E-state index is 14.0. The fourth-order valence-corrected chi connectivity index (χ4v) is 5.53. The summed E-state index contributed by atoms with van der Waals surface area (Å²) in [5, 5.41) is 0. The number of amides is 1. The highest BCUT2D eigenvalue weighted by atomic mass is 19.1. The first-order chi connectivity index (χ1) is 18.6. The van der Waals surface area contributed by atoms with Crippen LogP contribution in [0.5, 0.6) is 0 Å². The van der Waals surface area contributed by atoms with Crippen LogP contribution in [-0.2, 0) is 0 Å². The highest BCUT2D eigenvalue weighted by Gasteiger charge is 2.41. The highest BCUT2D eigenvalue weighted by Crippen LogP contribution is 2.33. The van der Waals surface area contributed by atoms with E-state index in [1.54, 1.807) is 24.7 Å². The largest absolute Gasteiger partial charge is 0.345 e. The predicted octanol–water partition coefficient (Wildman–Crippen LogP) is 4.77. The van der Waals surface area contributed by atoms with Crippen LogP contribution in [0.1, 0.15) is 28.9 Å². The molecule has 8 heteroatoms. The maximum Gasteiger partial charge on any atom is 0.253 e. The van der Waals surface area contributed by atoms with E-state index in [0.717, 1.165) is 35.7 Å². The molecule has 2 unspecified atom stereocenters. The Hall–Kier alpha value is -4.33. The average molecular weight is 509 g/mol. The lowest BCUT2D eigenvalue weighted by molar-refractivity contribution is 0.0665. The number of likely N-dealkylation sites (tertiary alicyclic amines) is 1. The van der Waals surface area contributed by atoms with Crippen molar-refractivity contribution in [2.45, 2.75) is 31.0 Å². The van der Waals surface area contributed by atoms with Gasteiger partial charge in [0.2, 0.25) is 0 Å². The zero-order chi connectivity index (χ0) is 26.1. The molecule has 0 saturated carbocycles. The number of amidine groups is 1. The minimum atomic E-state index is -0.263. The number of nitrogens with zero attached hydrogens (tertiary/aromatic N) is 6. The van der Waals surface area contributed by atoms with Gasteiger partial charge in [-0.2, -0.15) is 0 Å². The monoisotopic (exact) mass is 508 g/mol. The van der Waals surface area contributed by atoms with Crippen LogP contribution in [0, 0.1) is 0 Å². The van der Waals surface area contributed by atoms with Gasteiger partial charge in [0.25, 0.3) is 5.91 Å². The molecule has 3 aliphatic rings. The maximum absolute atomic E-state index is 14.0. The number of hydrogen-bond acceptors (Lipinski definition) is 6. The number of fused-ring (bicyclic) bond motifs is 1. The number of halogens is 1. The molecule has 2 atom stereocenters. The second-order valence-corrected chi connectivity index (χ2v) is 9.80. The second-order valence-electron chi connectivity index (χ2n) is 9.80. The summed E-state index contributed by atoms with van der Waals surface area (Å²) >= 11 is 0. The van der Waals surface area contributed by atoms with Gasteiger partial charge in [-0.15, -0.1) is 0 Å². The molecule has 6 rings (SSSR count). The first-order valence-corrected chi connectivity index (χ1v) is 12.9. The Kier molecular flexibility index (Phi) is 6.45. The van der Waals surface area contributed by atoms with E-state index in [1.165, 1.54) is 6.08 Å². The molecular weight excluding hydrogens is 479 g/mol. The van der Waals surface area contributed by atoms with Crippen molar-refractivity contribution >= 4 is 23.1 Å². The van der Waals surface area contributed by atoms with Crippen LogP contribution in [0.25, 0.3) is 0 Å². The van der Waals surface area contributed by atoms with E-state index in [1.807, 2.05) is 72.6 Å². The summed E-state index contributed by atoms with van der Waals surface area (Å²) in [6.45, 7) is 1.30. The lowest BCUT2D eigenvalue weighted by Crippen LogP contribution is -2.51. The zero-order valence-electron chi connectivity index (χ0n) is 21.2. The van der Waals surface area contributed by atoms with E-state index in [9.17, 15) is 9.18 Å². The van der Waals surface area contributed by atoms with E-state index in [4.69, 9.17) is 4.99 Å². The molecule has 0 radical (unpaired) electrons. The normalized spacial score (nSPS) is 21.1. The third-order valence-corrected chi connectivity index (χ3v) is 7.56. The number of rotatable bonds is 5. The first-order valence-electron chi connectivity index (χ1n) is 12.9. The number of allylic oxidation sites excluding steroid dienone is 2. The lowest BCUT2D eigenvalue weighted by atomic mass is 9.96. The number of carbonyl (C=O) groups excluding carboxylic acids is 1. The summed E-state index contributed by atoms with van der Waals surface area (Å²) in [5.41, 5.74) is 3.51. The van der Waals surface area contributed by atoms with Crippen molar-refractivity contribution in [3.63, 3.8) is 0 Å². The molecule has 2 aromatic heterocycles. The summed E-state index contributed by atoms with van der Waals surface area (Å²) in [6.07, 6.45) is 11.9. The summed E-state index contributed by atoms with van der Waals surface area (Å²) in [7, 11) is 1.99. The first kappa shape index (κ1) is 24.0. The van der Waals surface area contributed by atoms with Gasteiger partial charge in [0.15, 0.2) is 5.84 Å². The topological polar surface area (TPSA) is 64.9 Å². The number of piperidine rings is 1. The lowest BCUT2D eigenvalue weighted by Gasteiger charge is -2.41. The molecule has 1 aromatic carbocycles. The molecule has 4 heterocycles. The van der Waals surface area contributed by atoms with Crippen molar-refractivity contribution in [2.75, 3.05) is 25.0 Å². The van der Waals surface area contributed by atoms with Gasteiger partial charge in [-0.25, -0.2) is 4.39 Å². The van der Waals surface area contributed by atoms with Crippen molar-refractivity contribution in [3.05, 3.63) is 109 Å². The minimum Gasteiger partial charge on any atom is -0.345 e. The minimum absolute atomic E-state index is 0.0383. The van der Waals surface area contributed by atoms with Crippen LogP contribution < -0.4 is 4.90 Å². The molecule has 38 heavy (non-hydrogen) atoms. The Bertz CT molecular complexity index is 1380. The number of aromatic nitrogens is 2. The Labute approximate surface area is 221 Å². The van der Waals surface area contributed by atoms with Crippen LogP contribution in [0.4, 0.5) is 15.8 Å². The summed E-state index contributed by atoms with van der Waals surface area (Å²) < 4.78 is 14.0. The van der Waals surface area contributed by atoms with Crippen molar-refractivity contribution in [1.29, 1.82) is 0 Å². The SMILES string of the molecule is CN(c1ccncc1)c1ccc(C(=O)N2CCC(N3C(c4ccccn4)=NC4C=C(F)C=CC43)CC2)cc1. The Morgan fingerprint density at radius 2 is 1.71 bits per heavy atom. The molecule has 1 saturated heterocycles. The quantitative estimate of drug-likeness (QED) is 0.497. The second kappa shape index (κ2) is 10.2. The molecule has 7 nitrogen and oxygen atoms in total. The van der Waals surface area contributed by atoms with E-state index >= 15 is 0 Å². The molecule has 3 aromatic rings. The van der Waals surface area contributed by atoms with Gasteiger partial charge in [0, 0.05) is 61.7 Å². The fourth-order valence-electron chi connectivity index (χ4n) is 5.53.